The van der Waals surface area contributed by atoms with Gasteiger partial charge in [-0.3, -0.25) is 9.59 Å². The van der Waals surface area contributed by atoms with Crippen LogP contribution in [0.4, 0.5) is 8.78 Å². The number of likely N-dealkylation sites (tertiary alicyclic amines) is 2. The van der Waals surface area contributed by atoms with Gasteiger partial charge in [0.2, 0.25) is 11.8 Å². The molecule has 1 N–H and O–H groups in total. The van der Waals surface area contributed by atoms with Gasteiger partial charge >= 0.3 is 0 Å². The molecule has 2 aromatic carbocycles. The molecule has 0 saturated carbocycles. The van der Waals surface area contributed by atoms with Crippen molar-refractivity contribution in [1.29, 1.82) is 0 Å². The average molecular weight is 572 g/mol. The van der Waals surface area contributed by atoms with Crippen LogP contribution in [0.5, 0.6) is 0 Å². The number of carbonyl (C=O) groups excluding carboxylic acids is 2. The van der Waals surface area contributed by atoms with Gasteiger partial charge in [0.1, 0.15) is 11.6 Å². The molecule has 3 atom stereocenters. The Balaban J connectivity index is 1.37. The van der Waals surface area contributed by atoms with Crippen molar-refractivity contribution in [1.82, 2.24) is 15.1 Å². The predicted molar refractivity (Wildman–Crippen MR) is 153 cm³/mol. The van der Waals surface area contributed by atoms with Crippen molar-refractivity contribution in [3.63, 3.8) is 0 Å². The van der Waals surface area contributed by atoms with E-state index >= 15 is 4.39 Å². The number of hydrogen-bond acceptors (Lipinski definition) is 3. The van der Waals surface area contributed by atoms with Gasteiger partial charge in [-0.15, -0.1) is 0 Å². The van der Waals surface area contributed by atoms with Gasteiger partial charge in [0.05, 0.1) is 11.3 Å². The third-order valence-electron chi connectivity index (χ3n) is 9.68. The summed E-state index contributed by atoms with van der Waals surface area (Å²) in [7, 11) is 0. The average Bonchev–Trinajstić information content (AvgIpc) is 3.33. The topological polar surface area (TPSA) is 52.7 Å². The standard InChI is InChI=1S/C32H40ClF2N3O2/c1-20(29(39)37-12-5-13-37)26-16-22(33)6-8-24(26)21-10-14-38(15-11-21)30(40)32(31(2,3)4)19-36-18-27(32)25-9-7-23(34)17-28(25)35/h6-9,16-17,20-21,27,36H,5,10-15,18-19H2,1-4H3/t20-,27+,32-/m1/s1. The highest BCUT2D eigenvalue weighted by Crippen LogP contribution is 2.53. The molecule has 8 heteroatoms. The summed E-state index contributed by atoms with van der Waals surface area (Å²) in [5, 5.41) is 3.98. The molecule has 5 rings (SSSR count). The van der Waals surface area contributed by atoms with Crippen LogP contribution < -0.4 is 5.32 Å². The largest absolute Gasteiger partial charge is 0.342 e. The number of carbonyl (C=O) groups is 2. The summed E-state index contributed by atoms with van der Waals surface area (Å²) in [5.41, 5.74) is 1.16. The van der Waals surface area contributed by atoms with Gasteiger partial charge in [-0.25, -0.2) is 8.78 Å². The highest BCUT2D eigenvalue weighted by atomic mass is 35.5. The summed E-state index contributed by atoms with van der Waals surface area (Å²) in [4.78, 5) is 31.3. The number of halogens is 3. The molecule has 0 unspecified atom stereocenters. The third kappa shape index (κ3) is 5.04. The van der Waals surface area contributed by atoms with Crippen LogP contribution in [-0.2, 0) is 9.59 Å². The molecule has 3 fully saturated rings. The first-order chi connectivity index (χ1) is 18.9. The molecule has 3 saturated heterocycles. The molecule has 5 nitrogen and oxygen atoms in total. The van der Waals surface area contributed by atoms with Crippen LogP contribution in [0, 0.1) is 22.5 Å². The number of benzene rings is 2. The van der Waals surface area contributed by atoms with Crippen molar-refractivity contribution < 1.29 is 18.4 Å². The molecule has 0 bridgehead atoms. The summed E-state index contributed by atoms with van der Waals surface area (Å²) in [6.45, 7) is 11.8. The highest BCUT2D eigenvalue weighted by molar-refractivity contribution is 6.30. The summed E-state index contributed by atoms with van der Waals surface area (Å²) in [6.07, 6.45) is 2.59. The van der Waals surface area contributed by atoms with Crippen LogP contribution >= 0.6 is 11.6 Å². The van der Waals surface area contributed by atoms with E-state index in [2.05, 4.69) is 5.32 Å². The third-order valence-corrected chi connectivity index (χ3v) is 9.92. The van der Waals surface area contributed by atoms with Gasteiger partial charge in [-0.2, -0.15) is 0 Å². The number of amides is 2. The first kappa shape index (κ1) is 29.0. The lowest BCUT2D eigenvalue weighted by Gasteiger charge is -2.48. The molecule has 0 radical (unpaired) electrons. The number of nitrogens with zero attached hydrogens (tertiary/aromatic N) is 2. The first-order valence-corrected chi connectivity index (χ1v) is 14.8. The Hall–Kier alpha value is -2.51. The molecular formula is C32H40ClF2N3O2. The SMILES string of the molecule is C[C@@H](C(=O)N1CCC1)c1cc(Cl)ccc1C1CCN(C(=O)[C@@]2(C(C)(C)C)CNC[C@H]2c2ccc(F)cc2F)CC1. The van der Waals surface area contributed by atoms with E-state index in [1.807, 2.05) is 55.7 Å². The zero-order chi connectivity index (χ0) is 28.8. The second-order valence-electron chi connectivity index (χ2n) is 12.8. The fourth-order valence-electron chi connectivity index (χ4n) is 7.12. The normalized spacial score (nSPS) is 24.6. The van der Waals surface area contributed by atoms with Crippen molar-refractivity contribution in [2.75, 3.05) is 39.3 Å². The van der Waals surface area contributed by atoms with Crippen LogP contribution in [0.3, 0.4) is 0 Å². The van der Waals surface area contributed by atoms with E-state index < -0.39 is 28.4 Å². The molecule has 2 amide bonds. The van der Waals surface area contributed by atoms with Crippen molar-refractivity contribution in [3.8, 4) is 0 Å². The Labute approximate surface area is 241 Å². The van der Waals surface area contributed by atoms with Crippen molar-refractivity contribution in [3.05, 3.63) is 69.7 Å². The summed E-state index contributed by atoms with van der Waals surface area (Å²) >= 11 is 6.38. The smallest absolute Gasteiger partial charge is 0.231 e. The fraction of sp³-hybridized carbons (Fsp3) is 0.562. The van der Waals surface area contributed by atoms with Gasteiger partial charge in [-0.1, -0.05) is 44.5 Å². The lowest BCUT2D eigenvalue weighted by molar-refractivity contribution is -0.150. The van der Waals surface area contributed by atoms with Crippen LogP contribution in [0.1, 0.15) is 81.4 Å². The van der Waals surface area contributed by atoms with Gasteiger partial charge in [-0.05, 0) is 72.4 Å². The van der Waals surface area contributed by atoms with Crippen molar-refractivity contribution in [2.24, 2.45) is 10.8 Å². The Morgan fingerprint density at radius 3 is 2.27 bits per heavy atom. The van der Waals surface area contributed by atoms with Gasteiger partial charge in [0, 0.05) is 56.3 Å². The molecule has 3 aliphatic rings. The molecule has 2 aromatic rings. The Bertz CT molecular complexity index is 1280. The molecule has 216 valence electrons. The predicted octanol–water partition coefficient (Wildman–Crippen LogP) is 6.08. The maximum absolute atomic E-state index is 15.0. The van der Waals surface area contributed by atoms with E-state index in [4.69, 9.17) is 11.6 Å². The number of nitrogens with one attached hydrogen (secondary N) is 1. The highest BCUT2D eigenvalue weighted by Gasteiger charge is 2.58. The Kier molecular flexibility index (Phi) is 8.01. The maximum atomic E-state index is 15.0. The molecule has 0 aromatic heterocycles. The van der Waals surface area contributed by atoms with Crippen molar-refractivity contribution >= 4 is 23.4 Å². The van der Waals surface area contributed by atoms with E-state index in [-0.39, 0.29) is 23.7 Å². The van der Waals surface area contributed by atoms with Gasteiger partial charge in [0.25, 0.3) is 0 Å². The van der Waals surface area contributed by atoms with E-state index in [1.165, 1.54) is 12.1 Å². The Morgan fingerprint density at radius 2 is 1.68 bits per heavy atom. The minimum absolute atomic E-state index is 0.0230. The first-order valence-electron chi connectivity index (χ1n) is 14.5. The second kappa shape index (κ2) is 11.1. The number of rotatable bonds is 5. The summed E-state index contributed by atoms with van der Waals surface area (Å²) in [6, 6.07) is 9.54. The molecule has 0 spiro atoms. The zero-order valence-electron chi connectivity index (χ0n) is 23.9. The minimum Gasteiger partial charge on any atom is -0.342 e. The van der Waals surface area contributed by atoms with Gasteiger partial charge in [0.15, 0.2) is 0 Å². The van der Waals surface area contributed by atoms with Gasteiger partial charge < -0.3 is 15.1 Å². The fourth-order valence-corrected chi connectivity index (χ4v) is 7.30. The zero-order valence-corrected chi connectivity index (χ0v) is 24.7. The van der Waals surface area contributed by atoms with E-state index in [0.29, 0.717) is 36.8 Å². The van der Waals surface area contributed by atoms with Crippen LogP contribution in [0.25, 0.3) is 0 Å². The molecule has 3 aliphatic heterocycles. The molecule has 40 heavy (non-hydrogen) atoms. The monoisotopic (exact) mass is 571 g/mol. The van der Waals surface area contributed by atoms with Crippen LogP contribution in [0.15, 0.2) is 36.4 Å². The van der Waals surface area contributed by atoms with E-state index in [9.17, 15) is 14.0 Å². The van der Waals surface area contributed by atoms with Crippen LogP contribution in [-0.4, -0.2) is 60.9 Å². The Morgan fingerprint density at radius 1 is 1.00 bits per heavy atom. The molecule has 0 aliphatic carbocycles. The summed E-state index contributed by atoms with van der Waals surface area (Å²) in [5.74, 6) is -1.53. The number of piperidine rings is 1. The minimum atomic E-state index is -0.873. The number of hydrogen-bond donors (Lipinski definition) is 1. The molecular weight excluding hydrogens is 532 g/mol. The molecule has 3 heterocycles. The van der Waals surface area contributed by atoms with Crippen LogP contribution in [0.2, 0.25) is 5.02 Å². The lowest BCUT2D eigenvalue weighted by Crippen LogP contribution is -2.56. The van der Waals surface area contributed by atoms with Crippen molar-refractivity contribution in [2.45, 2.75) is 64.7 Å². The second-order valence-corrected chi connectivity index (χ2v) is 13.2. The maximum Gasteiger partial charge on any atom is 0.231 e. The van der Waals surface area contributed by atoms with E-state index in [1.54, 1.807) is 0 Å². The lowest BCUT2D eigenvalue weighted by atomic mass is 9.58. The quantitative estimate of drug-likeness (QED) is 0.473. The summed E-state index contributed by atoms with van der Waals surface area (Å²) < 4.78 is 28.7. The van der Waals surface area contributed by atoms with E-state index in [0.717, 1.165) is 49.5 Å².